The van der Waals surface area contributed by atoms with Gasteiger partial charge >= 0.3 is 36.5 Å². The van der Waals surface area contributed by atoms with E-state index in [0.717, 1.165) is 34.1 Å². The van der Waals surface area contributed by atoms with Crippen LogP contribution in [0.15, 0.2) is 41.5 Å². The molecule has 0 aromatic heterocycles. The first-order valence-corrected chi connectivity index (χ1v) is 26.1. The molecule has 2 saturated heterocycles. The van der Waals surface area contributed by atoms with Crippen LogP contribution in [0.25, 0.3) is 10.4 Å². The maximum Gasteiger partial charge on any atom is 0.471 e. The summed E-state index contributed by atoms with van der Waals surface area (Å²) in [5.41, 5.74) is 12.8. The Hall–Kier alpha value is -5.33. The van der Waals surface area contributed by atoms with E-state index in [0.29, 0.717) is 16.7 Å². The van der Waals surface area contributed by atoms with E-state index in [1.54, 1.807) is 13.8 Å². The van der Waals surface area contributed by atoms with E-state index < -0.39 is 101 Å². The van der Waals surface area contributed by atoms with E-state index in [1.807, 2.05) is 13.8 Å². The summed E-state index contributed by atoms with van der Waals surface area (Å²) in [5.74, 6) is -5.25. The molecule has 8 rings (SSSR count). The number of carbonyl (C=O) groups excluding carboxylic acids is 4. The first-order chi connectivity index (χ1) is 36.3. The lowest BCUT2D eigenvalue weighted by molar-refractivity contribution is -0.192. The minimum Gasteiger partial charge on any atom is -0.381 e. The van der Waals surface area contributed by atoms with Crippen molar-refractivity contribution >= 4 is 23.6 Å². The van der Waals surface area contributed by atoms with Gasteiger partial charge in [-0.05, 0) is 128 Å². The normalized spacial score (nSPS) is 26.4. The molecule has 0 bridgehead atoms. The van der Waals surface area contributed by atoms with Gasteiger partial charge in [-0.2, -0.15) is 52.7 Å². The van der Waals surface area contributed by atoms with Gasteiger partial charge < -0.3 is 34.8 Å². The number of ether oxygens (including phenoxy) is 2. The minimum atomic E-state index is -5.08. The van der Waals surface area contributed by atoms with E-state index in [9.17, 15) is 71.9 Å². The summed E-state index contributed by atoms with van der Waals surface area (Å²) in [4.78, 5) is 60.7. The predicted molar refractivity (Wildman–Crippen MR) is 256 cm³/mol. The number of rotatable bonds is 9. The number of azide groups is 1. The molecule has 2 saturated carbocycles. The van der Waals surface area contributed by atoms with Crippen LogP contribution in [0.4, 0.5) is 52.7 Å². The molecule has 6 aliphatic rings. The average molecular weight is 1130 g/mol. The van der Waals surface area contributed by atoms with E-state index in [1.165, 1.54) is 21.9 Å². The van der Waals surface area contributed by atoms with Crippen molar-refractivity contribution in [3.05, 3.63) is 80.2 Å². The Kier molecular flexibility index (Phi) is 17.8. The Balaban J connectivity index is 0.000000226. The van der Waals surface area contributed by atoms with Crippen LogP contribution in [0, 0.1) is 22.7 Å². The van der Waals surface area contributed by atoms with Gasteiger partial charge in [0.2, 0.25) is 11.8 Å². The van der Waals surface area contributed by atoms with Crippen LogP contribution in [-0.2, 0) is 54.1 Å². The summed E-state index contributed by atoms with van der Waals surface area (Å²) >= 11 is 0. The molecular weight excluding hydrogens is 1060 g/mol. The molecule has 0 radical (unpaired) electrons. The summed E-state index contributed by atoms with van der Waals surface area (Å²) in [7, 11) is 0. The Labute approximate surface area is 442 Å². The Bertz CT molecular complexity index is 2580. The molecule has 6 atom stereocenters. The largest absolute Gasteiger partial charge is 0.471 e. The molecule has 2 aromatic rings. The second-order valence-corrected chi connectivity index (χ2v) is 22.0. The standard InChI is InChI=1S/C26H31F6N5O3.C26H33F6N3O3/c1-15(2)24(8-5-19(12-24)37(23(39)26(30,31)32)18-6-9-40-10-7-18)22(38)36-13-16-11-17(25(27,28)29)3-4-20(16)21(14-36)34-35-33;1-15(2)24(8-5-19(12-24)35(23(37)26(30,31)32)18-6-9-38-10-7-18)22(36)34-13-16-11-17(25(27,28)29)3-4-20(16)21(33)14-34/h3-4,11,15,18-19,21H,5-10,12-14H2,1-2H3;3-4,11,15,18-19,21H,5-10,12-14,33H2,1-2H3/t2*19?,21?,24-/m00/s1. The number of fused-ring (bicyclic) bond motifs is 2. The molecule has 4 fully saturated rings. The SMILES string of the molecule is CC(C)[C@]1(C(=O)N2Cc3cc(C(F)(F)F)ccc3C(N)C2)CCC(N(C(=O)C(F)(F)F)C2CCOCC2)C1.CC(C)[C@]1(C(=O)N2Cc3cc(C(F)(F)F)ccc3C(N=[N+]=[N-])C2)CCC(N(C(=O)C(F)(F)F)C2CCOCC2)C1. The summed E-state index contributed by atoms with van der Waals surface area (Å²) in [6, 6.07) is 1.81. The van der Waals surface area contributed by atoms with Crippen LogP contribution in [0.5, 0.6) is 0 Å². The van der Waals surface area contributed by atoms with E-state index in [-0.39, 0.29) is 140 Å². The average Bonchev–Trinajstić information content (AvgIpc) is 4.13. The van der Waals surface area contributed by atoms with Crippen molar-refractivity contribution in [2.24, 2.45) is 33.5 Å². The topological polar surface area (TPSA) is 174 Å². The summed E-state index contributed by atoms with van der Waals surface area (Å²) in [5, 5.41) is 3.71. The maximum absolute atomic E-state index is 14.1. The van der Waals surface area contributed by atoms with E-state index in [4.69, 9.17) is 20.7 Å². The zero-order valence-corrected chi connectivity index (χ0v) is 43.5. The first-order valence-electron chi connectivity index (χ1n) is 26.1. The molecule has 2 aromatic carbocycles. The van der Waals surface area contributed by atoms with Crippen LogP contribution < -0.4 is 5.73 Å². The Morgan fingerprint density at radius 3 is 1.37 bits per heavy atom. The van der Waals surface area contributed by atoms with Gasteiger partial charge in [0.25, 0.3) is 0 Å². The maximum atomic E-state index is 14.1. The summed E-state index contributed by atoms with van der Waals surface area (Å²) in [6.07, 6.45) is -17.4. The van der Waals surface area contributed by atoms with Crippen molar-refractivity contribution < 1.29 is 81.3 Å². The number of halogens is 12. The number of nitrogens with zero attached hydrogens (tertiary/aromatic N) is 7. The number of hydrogen-bond donors (Lipinski definition) is 1. The van der Waals surface area contributed by atoms with Crippen LogP contribution in [0.1, 0.15) is 137 Å². The molecule has 432 valence electrons. The van der Waals surface area contributed by atoms with Crippen molar-refractivity contribution in [3.63, 3.8) is 0 Å². The second-order valence-electron chi connectivity index (χ2n) is 22.0. The number of hydrogen-bond acceptors (Lipinski definition) is 8. The molecular formula is C52H64F12N8O6. The van der Waals surface area contributed by atoms with Crippen molar-refractivity contribution in [3.8, 4) is 0 Å². The van der Waals surface area contributed by atoms with Crippen molar-refractivity contribution in [2.75, 3.05) is 39.5 Å². The zero-order valence-electron chi connectivity index (χ0n) is 43.5. The van der Waals surface area contributed by atoms with Gasteiger partial charge in [0.05, 0.1) is 28.0 Å². The quantitative estimate of drug-likeness (QED) is 0.113. The molecule has 4 amide bonds. The molecule has 4 unspecified atom stereocenters. The monoisotopic (exact) mass is 1120 g/mol. The molecule has 26 heteroatoms. The minimum absolute atomic E-state index is 0.0131. The van der Waals surface area contributed by atoms with Gasteiger partial charge in [0.1, 0.15) is 0 Å². The molecule has 78 heavy (non-hydrogen) atoms. The number of amides is 4. The van der Waals surface area contributed by atoms with Crippen molar-refractivity contribution in [1.82, 2.24) is 19.6 Å². The summed E-state index contributed by atoms with van der Waals surface area (Å²) in [6.45, 7) is 7.88. The van der Waals surface area contributed by atoms with Gasteiger partial charge in [0.15, 0.2) is 0 Å². The van der Waals surface area contributed by atoms with E-state index in [2.05, 4.69) is 10.0 Å². The molecule has 4 heterocycles. The zero-order chi connectivity index (χ0) is 57.5. The third kappa shape index (κ3) is 12.5. The van der Waals surface area contributed by atoms with Gasteiger partial charge in [-0.1, -0.05) is 44.9 Å². The van der Waals surface area contributed by atoms with Crippen molar-refractivity contribution in [1.29, 1.82) is 0 Å². The van der Waals surface area contributed by atoms with Gasteiger partial charge in [-0.25, -0.2) is 0 Å². The number of nitrogens with two attached hydrogens (primary N) is 1. The fraction of sp³-hybridized carbons (Fsp3) is 0.692. The third-order valence-electron chi connectivity index (χ3n) is 17.0. The van der Waals surface area contributed by atoms with Crippen LogP contribution in [-0.4, -0.2) is 119 Å². The lowest BCUT2D eigenvalue weighted by Crippen LogP contribution is -2.54. The molecule has 14 nitrogen and oxygen atoms in total. The van der Waals surface area contributed by atoms with Gasteiger partial charge in [-0.15, -0.1) is 0 Å². The fourth-order valence-electron chi connectivity index (χ4n) is 12.8. The van der Waals surface area contributed by atoms with Gasteiger partial charge in [0, 0.05) is 87.7 Å². The molecule has 2 N–H and O–H groups in total. The lowest BCUT2D eigenvalue weighted by Gasteiger charge is -2.43. The highest BCUT2D eigenvalue weighted by atomic mass is 19.4. The second kappa shape index (κ2) is 23.0. The van der Waals surface area contributed by atoms with Crippen LogP contribution in [0.2, 0.25) is 0 Å². The number of benzene rings is 2. The van der Waals surface area contributed by atoms with E-state index >= 15 is 0 Å². The lowest BCUT2D eigenvalue weighted by atomic mass is 9.73. The predicted octanol–water partition coefficient (Wildman–Crippen LogP) is 11.0. The molecule has 4 aliphatic heterocycles. The number of alkyl halides is 12. The first kappa shape index (κ1) is 60.3. The number of carbonyl (C=O) groups is 4. The fourth-order valence-corrected chi connectivity index (χ4v) is 12.8. The van der Waals surface area contributed by atoms with Gasteiger partial charge in [-0.3, -0.25) is 19.2 Å². The Morgan fingerprint density at radius 1 is 0.615 bits per heavy atom. The highest BCUT2D eigenvalue weighted by Gasteiger charge is 2.57. The third-order valence-corrected chi connectivity index (χ3v) is 17.0. The molecule has 0 spiro atoms. The van der Waals surface area contributed by atoms with Crippen LogP contribution in [0.3, 0.4) is 0 Å². The smallest absolute Gasteiger partial charge is 0.381 e. The highest BCUT2D eigenvalue weighted by Crippen LogP contribution is 2.52. The van der Waals surface area contributed by atoms with Crippen molar-refractivity contribution in [2.45, 2.75) is 166 Å². The molecule has 2 aliphatic carbocycles. The Morgan fingerprint density at radius 2 is 1.00 bits per heavy atom. The highest BCUT2D eigenvalue weighted by molar-refractivity contribution is 5.86. The van der Waals surface area contributed by atoms with Crippen LogP contribution >= 0.6 is 0 Å². The summed E-state index contributed by atoms with van der Waals surface area (Å²) < 4.78 is 173.